The number of likely N-dealkylation sites (tertiary alicyclic amines) is 1. The van der Waals surface area contributed by atoms with E-state index in [0.29, 0.717) is 33.8 Å². The number of nitrogens with two attached hydrogens (primary N) is 1. The first-order valence-corrected chi connectivity index (χ1v) is 7.98. The summed E-state index contributed by atoms with van der Waals surface area (Å²) >= 11 is 11.9. The smallest absolute Gasteiger partial charge is 0.251 e. The molecule has 0 bridgehead atoms. The molecular weight excluding hydrogens is 309 g/mol. The Kier molecular flexibility index (Phi) is 5.73. The Balaban J connectivity index is 1.86. The van der Waals surface area contributed by atoms with Crippen LogP contribution in [0.2, 0.25) is 10.0 Å². The number of nitrogens with one attached hydrogen (secondary N) is 1. The van der Waals surface area contributed by atoms with Crippen molar-refractivity contribution in [2.45, 2.75) is 19.8 Å². The summed E-state index contributed by atoms with van der Waals surface area (Å²) in [5, 5.41) is 3.53. The Hall–Kier alpha value is -0.970. The average Bonchev–Trinajstić information content (AvgIpc) is 2.94. The van der Waals surface area contributed by atoms with Crippen molar-refractivity contribution in [3.63, 3.8) is 0 Å². The van der Waals surface area contributed by atoms with Gasteiger partial charge in [-0.05, 0) is 44.0 Å². The van der Waals surface area contributed by atoms with Crippen molar-refractivity contribution < 1.29 is 4.79 Å². The normalized spacial score (nSPS) is 16.9. The molecule has 0 aliphatic carbocycles. The molecule has 4 nitrogen and oxygen atoms in total. The minimum absolute atomic E-state index is 0.174. The number of nitrogen functional groups attached to an aromatic ring is 1. The summed E-state index contributed by atoms with van der Waals surface area (Å²) in [5.74, 6) is 0.235. The van der Waals surface area contributed by atoms with E-state index in [1.54, 1.807) is 12.1 Å². The Labute approximate surface area is 135 Å². The van der Waals surface area contributed by atoms with Crippen molar-refractivity contribution in [1.29, 1.82) is 0 Å². The van der Waals surface area contributed by atoms with E-state index >= 15 is 0 Å². The van der Waals surface area contributed by atoms with Crippen LogP contribution < -0.4 is 11.1 Å². The lowest BCUT2D eigenvalue weighted by atomic mass is 10.1. The molecule has 1 aromatic rings. The Bertz CT molecular complexity index is 493. The van der Waals surface area contributed by atoms with Gasteiger partial charge in [0.15, 0.2) is 0 Å². The predicted octanol–water partition coefficient (Wildman–Crippen LogP) is 3.04. The van der Waals surface area contributed by atoms with Gasteiger partial charge in [0, 0.05) is 18.7 Å². The van der Waals surface area contributed by atoms with Gasteiger partial charge in [-0.3, -0.25) is 4.79 Å². The fourth-order valence-corrected chi connectivity index (χ4v) is 3.04. The number of amides is 1. The number of carbonyl (C=O) groups excluding carboxylic acids is 1. The number of halogens is 2. The Morgan fingerprint density at radius 3 is 2.48 bits per heavy atom. The summed E-state index contributed by atoms with van der Waals surface area (Å²) in [5.41, 5.74) is 6.40. The molecule has 1 fully saturated rings. The lowest BCUT2D eigenvalue weighted by Gasteiger charge is -2.20. The fraction of sp³-hybridized carbons (Fsp3) is 0.533. The standard InChI is InChI=1S/C15H21Cl2N3O/c1-10(9-20-4-2-3-5-20)8-19-15(21)11-6-12(16)14(18)13(17)7-11/h6-7,10H,2-5,8-9,18H2,1H3,(H,19,21). The molecule has 1 atom stereocenters. The van der Waals surface area contributed by atoms with Gasteiger partial charge in [-0.1, -0.05) is 30.1 Å². The molecule has 1 saturated heterocycles. The van der Waals surface area contributed by atoms with Crippen LogP contribution in [-0.2, 0) is 0 Å². The highest BCUT2D eigenvalue weighted by molar-refractivity contribution is 6.39. The molecule has 3 N–H and O–H groups in total. The zero-order chi connectivity index (χ0) is 15.4. The van der Waals surface area contributed by atoms with Crippen molar-refractivity contribution >= 4 is 34.8 Å². The monoisotopic (exact) mass is 329 g/mol. The highest BCUT2D eigenvalue weighted by Gasteiger charge is 2.16. The summed E-state index contributed by atoms with van der Waals surface area (Å²) < 4.78 is 0. The maximum atomic E-state index is 12.1. The number of hydrogen-bond donors (Lipinski definition) is 2. The van der Waals surface area contributed by atoms with E-state index in [0.717, 1.165) is 6.54 Å². The molecule has 1 amide bonds. The Morgan fingerprint density at radius 1 is 1.33 bits per heavy atom. The summed E-state index contributed by atoms with van der Waals surface area (Å²) in [6.07, 6.45) is 2.56. The minimum Gasteiger partial charge on any atom is -0.396 e. The fourth-order valence-electron chi connectivity index (χ4n) is 2.55. The van der Waals surface area contributed by atoms with E-state index < -0.39 is 0 Å². The van der Waals surface area contributed by atoms with Crippen LogP contribution in [0, 0.1) is 5.92 Å². The SMILES string of the molecule is CC(CNC(=O)c1cc(Cl)c(N)c(Cl)c1)CN1CCCC1. The van der Waals surface area contributed by atoms with Gasteiger partial charge in [0.05, 0.1) is 15.7 Å². The molecule has 21 heavy (non-hydrogen) atoms. The van der Waals surface area contributed by atoms with Crippen LogP contribution >= 0.6 is 23.2 Å². The van der Waals surface area contributed by atoms with Crippen LogP contribution in [0.4, 0.5) is 5.69 Å². The quantitative estimate of drug-likeness (QED) is 0.816. The molecule has 0 spiro atoms. The Morgan fingerprint density at radius 2 is 1.90 bits per heavy atom. The summed E-state index contributed by atoms with van der Waals surface area (Å²) in [4.78, 5) is 14.6. The zero-order valence-electron chi connectivity index (χ0n) is 12.2. The van der Waals surface area contributed by atoms with E-state index in [1.165, 1.54) is 25.9 Å². The molecular formula is C15H21Cl2N3O. The van der Waals surface area contributed by atoms with Gasteiger partial charge >= 0.3 is 0 Å². The number of nitrogens with zero attached hydrogens (tertiary/aromatic N) is 1. The van der Waals surface area contributed by atoms with Crippen LogP contribution in [0.1, 0.15) is 30.1 Å². The molecule has 1 aromatic carbocycles. The second-order valence-corrected chi connectivity index (χ2v) is 6.49. The number of anilines is 1. The van der Waals surface area contributed by atoms with Gasteiger partial charge in [-0.15, -0.1) is 0 Å². The third kappa shape index (κ3) is 4.50. The molecule has 0 aromatic heterocycles. The third-order valence-corrected chi connectivity index (χ3v) is 4.35. The summed E-state index contributed by atoms with van der Waals surface area (Å²) in [6, 6.07) is 3.09. The molecule has 1 unspecified atom stereocenters. The molecule has 6 heteroatoms. The van der Waals surface area contributed by atoms with Gasteiger partial charge in [-0.2, -0.15) is 0 Å². The predicted molar refractivity (Wildman–Crippen MR) is 88.0 cm³/mol. The van der Waals surface area contributed by atoms with Crippen LogP contribution in [0.25, 0.3) is 0 Å². The van der Waals surface area contributed by atoms with Gasteiger partial charge in [0.2, 0.25) is 0 Å². The largest absolute Gasteiger partial charge is 0.396 e. The maximum Gasteiger partial charge on any atom is 0.251 e. The van der Waals surface area contributed by atoms with E-state index in [2.05, 4.69) is 17.1 Å². The molecule has 0 radical (unpaired) electrons. The molecule has 1 aliphatic heterocycles. The van der Waals surface area contributed by atoms with Crippen LogP contribution in [-0.4, -0.2) is 37.0 Å². The first-order chi connectivity index (χ1) is 9.97. The third-order valence-electron chi connectivity index (χ3n) is 3.72. The van der Waals surface area contributed by atoms with Crippen LogP contribution in [0.3, 0.4) is 0 Å². The van der Waals surface area contributed by atoms with E-state index in [-0.39, 0.29) is 5.91 Å². The first-order valence-electron chi connectivity index (χ1n) is 7.22. The second-order valence-electron chi connectivity index (χ2n) is 5.68. The number of benzene rings is 1. The lowest BCUT2D eigenvalue weighted by Crippen LogP contribution is -2.34. The van der Waals surface area contributed by atoms with Crippen molar-refractivity contribution in [1.82, 2.24) is 10.2 Å². The lowest BCUT2D eigenvalue weighted by molar-refractivity contribution is 0.0945. The molecule has 116 valence electrons. The average molecular weight is 330 g/mol. The van der Waals surface area contributed by atoms with Crippen molar-refractivity contribution in [2.75, 3.05) is 31.9 Å². The molecule has 1 heterocycles. The van der Waals surface area contributed by atoms with Gasteiger partial charge in [0.1, 0.15) is 0 Å². The van der Waals surface area contributed by atoms with Crippen LogP contribution in [0.15, 0.2) is 12.1 Å². The van der Waals surface area contributed by atoms with E-state index in [9.17, 15) is 4.79 Å². The summed E-state index contributed by atoms with van der Waals surface area (Å²) in [6.45, 7) is 6.13. The minimum atomic E-state index is -0.174. The van der Waals surface area contributed by atoms with Gasteiger partial charge in [0.25, 0.3) is 5.91 Å². The summed E-state index contributed by atoms with van der Waals surface area (Å²) in [7, 11) is 0. The van der Waals surface area contributed by atoms with Crippen molar-refractivity contribution in [2.24, 2.45) is 5.92 Å². The zero-order valence-corrected chi connectivity index (χ0v) is 13.7. The van der Waals surface area contributed by atoms with Crippen molar-refractivity contribution in [3.8, 4) is 0 Å². The molecule has 0 saturated carbocycles. The topological polar surface area (TPSA) is 58.4 Å². The van der Waals surface area contributed by atoms with E-state index in [1.807, 2.05) is 0 Å². The highest BCUT2D eigenvalue weighted by Crippen LogP contribution is 2.28. The molecule has 2 rings (SSSR count). The van der Waals surface area contributed by atoms with Crippen LogP contribution in [0.5, 0.6) is 0 Å². The van der Waals surface area contributed by atoms with Gasteiger partial charge in [-0.25, -0.2) is 0 Å². The highest BCUT2D eigenvalue weighted by atomic mass is 35.5. The maximum absolute atomic E-state index is 12.1. The molecule has 1 aliphatic rings. The number of rotatable bonds is 5. The van der Waals surface area contributed by atoms with Gasteiger partial charge < -0.3 is 16.0 Å². The number of hydrogen-bond acceptors (Lipinski definition) is 3. The van der Waals surface area contributed by atoms with Crippen molar-refractivity contribution in [3.05, 3.63) is 27.7 Å². The first kappa shape index (κ1) is 16.4. The van der Waals surface area contributed by atoms with E-state index in [4.69, 9.17) is 28.9 Å². The number of carbonyl (C=O) groups is 1. The second kappa shape index (κ2) is 7.34.